The molecule has 0 aliphatic rings. The predicted octanol–water partition coefficient (Wildman–Crippen LogP) is 2.03. The quantitative estimate of drug-likeness (QED) is 0.903. The zero-order chi connectivity index (χ0) is 14.4. The summed E-state index contributed by atoms with van der Waals surface area (Å²) in [6, 6.07) is 2.88. The van der Waals surface area contributed by atoms with Gasteiger partial charge in [-0.1, -0.05) is 0 Å². The van der Waals surface area contributed by atoms with Gasteiger partial charge in [0.15, 0.2) is 0 Å². The number of nitrogens with two attached hydrogens (primary N) is 2. The van der Waals surface area contributed by atoms with Crippen molar-refractivity contribution in [1.82, 2.24) is 9.55 Å². The SMILES string of the molecule is CC(C)(Cn1c(N)nc2cc(F)c(Br)cc21)C(N)=O. The minimum absolute atomic E-state index is 0.224. The number of amides is 1. The normalized spacial score (nSPS) is 12.0. The Hall–Kier alpha value is -1.63. The molecular formula is C12H14BrFN4O. The number of carbonyl (C=O) groups is 1. The Morgan fingerprint density at radius 2 is 2.16 bits per heavy atom. The van der Waals surface area contributed by atoms with E-state index in [-0.39, 0.29) is 12.5 Å². The predicted molar refractivity (Wildman–Crippen MR) is 74.8 cm³/mol. The third-order valence-electron chi connectivity index (χ3n) is 3.04. The average Bonchev–Trinajstić information content (AvgIpc) is 2.56. The van der Waals surface area contributed by atoms with Crippen molar-refractivity contribution >= 4 is 38.8 Å². The molecule has 5 nitrogen and oxygen atoms in total. The lowest BCUT2D eigenvalue weighted by atomic mass is 9.92. The van der Waals surface area contributed by atoms with Crippen molar-refractivity contribution in [2.75, 3.05) is 5.73 Å². The van der Waals surface area contributed by atoms with Crippen LogP contribution in [0.4, 0.5) is 10.3 Å². The lowest BCUT2D eigenvalue weighted by molar-refractivity contribution is -0.126. The van der Waals surface area contributed by atoms with Crippen LogP contribution in [-0.4, -0.2) is 15.5 Å². The summed E-state index contributed by atoms with van der Waals surface area (Å²) in [4.78, 5) is 15.5. The van der Waals surface area contributed by atoms with Gasteiger partial charge in [0, 0.05) is 12.6 Å². The molecular weight excluding hydrogens is 315 g/mol. The Morgan fingerprint density at radius 1 is 1.53 bits per heavy atom. The molecule has 0 aliphatic heterocycles. The van der Waals surface area contributed by atoms with Gasteiger partial charge >= 0.3 is 0 Å². The van der Waals surface area contributed by atoms with Crippen LogP contribution in [-0.2, 0) is 11.3 Å². The monoisotopic (exact) mass is 328 g/mol. The van der Waals surface area contributed by atoms with Gasteiger partial charge in [0.1, 0.15) is 5.82 Å². The Morgan fingerprint density at radius 3 is 2.74 bits per heavy atom. The zero-order valence-corrected chi connectivity index (χ0v) is 12.2. The van der Waals surface area contributed by atoms with Crippen LogP contribution in [0.5, 0.6) is 0 Å². The van der Waals surface area contributed by atoms with Crippen LogP contribution in [0.15, 0.2) is 16.6 Å². The van der Waals surface area contributed by atoms with E-state index >= 15 is 0 Å². The summed E-state index contributed by atoms with van der Waals surface area (Å²) >= 11 is 3.12. The van der Waals surface area contributed by atoms with Gasteiger partial charge in [0.25, 0.3) is 0 Å². The summed E-state index contributed by atoms with van der Waals surface area (Å²) in [5, 5.41) is 0. The number of anilines is 1. The number of hydrogen-bond acceptors (Lipinski definition) is 3. The lowest BCUT2D eigenvalue weighted by Crippen LogP contribution is -2.35. The fourth-order valence-corrected chi connectivity index (χ4v) is 2.11. The third kappa shape index (κ3) is 2.42. The van der Waals surface area contributed by atoms with E-state index in [1.54, 1.807) is 24.5 Å². The molecule has 0 aliphatic carbocycles. The standard InChI is InChI=1S/C12H14BrFN4O/c1-12(2,10(15)19)5-18-9-3-6(13)7(14)4-8(9)17-11(18)16/h3-4H,5H2,1-2H3,(H2,15,19)(H2,16,17). The van der Waals surface area contributed by atoms with Crippen molar-refractivity contribution in [2.45, 2.75) is 20.4 Å². The van der Waals surface area contributed by atoms with Gasteiger partial charge in [0.2, 0.25) is 11.9 Å². The van der Waals surface area contributed by atoms with Crippen molar-refractivity contribution in [2.24, 2.45) is 11.1 Å². The fourth-order valence-electron chi connectivity index (χ4n) is 1.78. The lowest BCUT2D eigenvalue weighted by Gasteiger charge is -2.22. The molecule has 1 aromatic heterocycles. The smallest absolute Gasteiger partial charge is 0.224 e. The molecule has 4 N–H and O–H groups in total. The number of halogens is 2. The molecule has 1 heterocycles. The van der Waals surface area contributed by atoms with Crippen LogP contribution in [0.25, 0.3) is 11.0 Å². The molecule has 0 spiro atoms. The minimum atomic E-state index is -0.775. The first-order valence-electron chi connectivity index (χ1n) is 5.63. The third-order valence-corrected chi connectivity index (χ3v) is 3.65. The van der Waals surface area contributed by atoms with Crippen LogP contribution < -0.4 is 11.5 Å². The molecule has 1 aromatic carbocycles. The molecule has 1 amide bonds. The highest BCUT2D eigenvalue weighted by atomic mass is 79.9. The number of nitrogens with zero attached hydrogens (tertiary/aromatic N) is 2. The largest absolute Gasteiger partial charge is 0.369 e. The summed E-state index contributed by atoms with van der Waals surface area (Å²) in [6.07, 6.45) is 0. The fraction of sp³-hybridized carbons (Fsp3) is 0.333. The van der Waals surface area contributed by atoms with Gasteiger partial charge in [-0.05, 0) is 35.8 Å². The first kappa shape index (κ1) is 13.8. The Kier molecular flexibility index (Phi) is 3.25. The Bertz CT molecular complexity index is 665. The molecule has 2 rings (SSSR count). The van der Waals surface area contributed by atoms with Crippen molar-refractivity contribution < 1.29 is 9.18 Å². The van der Waals surface area contributed by atoms with Gasteiger partial charge in [-0.3, -0.25) is 4.79 Å². The van der Waals surface area contributed by atoms with E-state index in [1.807, 2.05) is 0 Å². The molecule has 0 saturated carbocycles. The molecule has 0 atom stereocenters. The van der Waals surface area contributed by atoms with Gasteiger partial charge in [-0.2, -0.15) is 0 Å². The number of imidazole rings is 1. The van der Waals surface area contributed by atoms with E-state index in [0.29, 0.717) is 15.5 Å². The van der Waals surface area contributed by atoms with Crippen molar-refractivity contribution in [3.05, 3.63) is 22.4 Å². The number of aromatic nitrogens is 2. The number of nitrogen functional groups attached to an aromatic ring is 1. The molecule has 0 saturated heterocycles. The second kappa shape index (κ2) is 4.48. The maximum atomic E-state index is 13.4. The van der Waals surface area contributed by atoms with Crippen molar-refractivity contribution in [3.63, 3.8) is 0 Å². The molecule has 0 unspecified atom stereocenters. The number of primary amides is 1. The summed E-state index contributed by atoms with van der Waals surface area (Å²) in [6.45, 7) is 3.72. The van der Waals surface area contributed by atoms with Crippen LogP contribution in [0.3, 0.4) is 0 Å². The van der Waals surface area contributed by atoms with E-state index < -0.39 is 17.1 Å². The molecule has 2 aromatic rings. The van der Waals surface area contributed by atoms with Crippen LogP contribution in [0.2, 0.25) is 0 Å². The Labute approximate surface area is 117 Å². The number of rotatable bonds is 3. The van der Waals surface area contributed by atoms with Crippen LogP contribution in [0.1, 0.15) is 13.8 Å². The maximum Gasteiger partial charge on any atom is 0.224 e. The van der Waals surface area contributed by atoms with E-state index in [1.165, 1.54) is 6.07 Å². The van der Waals surface area contributed by atoms with Crippen LogP contribution >= 0.6 is 15.9 Å². The molecule has 0 fully saturated rings. The highest BCUT2D eigenvalue weighted by Crippen LogP contribution is 2.28. The van der Waals surface area contributed by atoms with Crippen molar-refractivity contribution in [3.8, 4) is 0 Å². The second-order valence-electron chi connectivity index (χ2n) is 5.06. The van der Waals surface area contributed by atoms with Gasteiger partial charge < -0.3 is 16.0 Å². The minimum Gasteiger partial charge on any atom is -0.369 e. The van der Waals surface area contributed by atoms with Gasteiger partial charge in [0.05, 0.1) is 20.9 Å². The number of carbonyl (C=O) groups excluding carboxylic acids is 1. The van der Waals surface area contributed by atoms with Crippen molar-refractivity contribution in [1.29, 1.82) is 0 Å². The highest BCUT2D eigenvalue weighted by molar-refractivity contribution is 9.10. The summed E-state index contributed by atoms with van der Waals surface area (Å²) < 4.78 is 15.4. The topological polar surface area (TPSA) is 86.9 Å². The highest BCUT2D eigenvalue weighted by Gasteiger charge is 2.27. The zero-order valence-electron chi connectivity index (χ0n) is 10.6. The molecule has 7 heteroatoms. The Balaban J connectivity index is 2.58. The maximum absolute atomic E-state index is 13.4. The van der Waals surface area contributed by atoms with E-state index in [9.17, 15) is 9.18 Å². The van der Waals surface area contributed by atoms with E-state index in [0.717, 1.165) is 0 Å². The molecule has 102 valence electrons. The molecule has 0 radical (unpaired) electrons. The van der Waals surface area contributed by atoms with E-state index in [4.69, 9.17) is 11.5 Å². The number of fused-ring (bicyclic) bond motifs is 1. The molecule has 19 heavy (non-hydrogen) atoms. The van der Waals surface area contributed by atoms with Crippen LogP contribution in [0, 0.1) is 11.2 Å². The number of benzene rings is 1. The molecule has 0 bridgehead atoms. The van der Waals surface area contributed by atoms with Gasteiger partial charge in [-0.15, -0.1) is 0 Å². The summed E-state index contributed by atoms with van der Waals surface area (Å²) in [5.74, 6) is -0.622. The summed E-state index contributed by atoms with van der Waals surface area (Å²) in [5.41, 5.74) is 11.5. The summed E-state index contributed by atoms with van der Waals surface area (Å²) in [7, 11) is 0. The first-order valence-corrected chi connectivity index (χ1v) is 6.42. The van der Waals surface area contributed by atoms with Gasteiger partial charge in [-0.25, -0.2) is 9.37 Å². The van der Waals surface area contributed by atoms with E-state index in [2.05, 4.69) is 20.9 Å². The second-order valence-corrected chi connectivity index (χ2v) is 5.91. The average molecular weight is 329 g/mol. The number of hydrogen-bond donors (Lipinski definition) is 2. The first-order chi connectivity index (χ1) is 8.72.